The van der Waals surface area contributed by atoms with Crippen LogP contribution in [-0.2, 0) is 11.3 Å². The number of thioether (sulfide) groups is 1. The van der Waals surface area contributed by atoms with E-state index in [2.05, 4.69) is 29.6 Å². The standard InChI is InChI=1S/C20H19NOS/c1-15(23-18-11-3-2-4-12-18)20(22)21-14-17-10-7-9-16-8-5-6-13-19(16)17/h2-13,15H,14H2,1H3,(H,21,22)/t15-/m1/s1. The second-order valence-corrected chi connectivity index (χ2v) is 6.84. The van der Waals surface area contributed by atoms with Crippen LogP contribution >= 0.6 is 11.8 Å². The zero-order chi connectivity index (χ0) is 16.1. The molecule has 0 aliphatic heterocycles. The van der Waals surface area contributed by atoms with E-state index in [9.17, 15) is 4.79 Å². The zero-order valence-electron chi connectivity index (χ0n) is 13.0. The fraction of sp³-hybridized carbons (Fsp3) is 0.150. The molecule has 3 heteroatoms. The van der Waals surface area contributed by atoms with Gasteiger partial charge < -0.3 is 5.32 Å². The molecule has 3 aromatic rings. The Kier molecular flexibility index (Phi) is 4.99. The number of nitrogens with one attached hydrogen (secondary N) is 1. The lowest BCUT2D eigenvalue weighted by atomic mass is 10.0. The number of carbonyl (C=O) groups excluding carboxylic acids is 1. The lowest BCUT2D eigenvalue weighted by Crippen LogP contribution is -2.30. The van der Waals surface area contributed by atoms with Gasteiger partial charge in [0.2, 0.25) is 5.91 Å². The van der Waals surface area contributed by atoms with E-state index in [1.165, 1.54) is 10.8 Å². The summed E-state index contributed by atoms with van der Waals surface area (Å²) in [7, 11) is 0. The Morgan fingerprint density at radius 1 is 0.957 bits per heavy atom. The van der Waals surface area contributed by atoms with E-state index in [-0.39, 0.29) is 11.2 Å². The number of fused-ring (bicyclic) bond motifs is 1. The highest BCUT2D eigenvalue weighted by Crippen LogP contribution is 2.23. The summed E-state index contributed by atoms with van der Waals surface area (Å²) in [5.74, 6) is 0.0618. The monoisotopic (exact) mass is 321 g/mol. The lowest BCUT2D eigenvalue weighted by molar-refractivity contribution is -0.120. The van der Waals surface area contributed by atoms with Crippen molar-refractivity contribution in [1.29, 1.82) is 0 Å². The molecule has 0 saturated carbocycles. The Hall–Kier alpha value is -2.26. The van der Waals surface area contributed by atoms with Gasteiger partial charge in [-0.2, -0.15) is 0 Å². The Bertz CT molecular complexity index is 796. The van der Waals surface area contributed by atoms with Crippen LogP contribution in [0.15, 0.2) is 77.7 Å². The Labute approximate surface area is 140 Å². The van der Waals surface area contributed by atoms with Gasteiger partial charge in [-0.15, -0.1) is 11.8 Å². The molecule has 0 unspecified atom stereocenters. The first kappa shape index (κ1) is 15.6. The van der Waals surface area contributed by atoms with E-state index < -0.39 is 0 Å². The van der Waals surface area contributed by atoms with E-state index in [1.54, 1.807) is 11.8 Å². The van der Waals surface area contributed by atoms with Gasteiger partial charge in [0.1, 0.15) is 0 Å². The summed E-state index contributed by atoms with van der Waals surface area (Å²) in [5, 5.41) is 5.33. The first-order valence-corrected chi connectivity index (χ1v) is 8.58. The summed E-state index contributed by atoms with van der Waals surface area (Å²) in [6.45, 7) is 2.50. The summed E-state index contributed by atoms with van der Waals surface area (Å²) in [6, 6.07) is 24.5. The minimum atomic E-state index is -0.118. The van der Waals surface area contributed by atoms with E-state index in [0.29, 0.717) is 6.54 Å². The molecule has 3 aromatic carbocycles. The number of benzene rings is 3. The molecule has 1 amide bonds. The highest BCUT2D eigenvalue weighted by Gasteiger charge is 2.14. The Morgan fingerprint density at radius 2 is 1.65 bits per heavy atom. The Balaban J connectivity index is 1.64. The molecule has 0 aromatic heterocycles. The van der Waals surface area contributed by atoms with Gasteiger partial charge in [0.25, 0.3) is 0 Å². The SMILES string of the molecule is C[C@@H](Sc1ccccc1)C(=O)NCc1cccc2ccccc12. The lowest BCUT2D eigenvalue weighted by Gasteiger charge is -2.13. The topological polar surface area (TPSA) is 29.1 Å². The van der Waals surface area contributed by atoms with Gasteiger partial charge >= 0.3 is 0 Å². The van der Waals surface area contributed by atoms with E-state index in [0.717, 1.165) is 10.5 Å². The van der Waals surface area contributed by atoms with Gasteiger partial charge in [-0.3, -0.25) is 4.79 Å². The van der Waals surface area contributed by atoms with Crippen LogP contribution in [0.1, 0.15) is 12.5 Å². The number of hydrogen-bond donors (Lipinski definition) is 1. The van der Waals surface area contributed by atoms with Crippen molar-refractivity contribution < 1.29 is 4.79 Å². The van der Waals surface area contributed by atoms with Crippen molar-refractivity contribution in [2.24, 2.45) is 0 Å². The second kappa shape index (κ2) is 7.34. The quantitative estimate of drug-likeness (QED) is 0.694. The van der Waals surface area contributed by atoms with Crippen LogP contribution in [0.4, 0.5) is 0 Å². The summed E-state index contributed by atoms with van der Waals surface area (Å²) < 4.78 is 0. The van der Waals surface area contributed by atoms with Crippen molar-refractivity contribution in [2.45, 2.75) is 23.6 Å². The maximum absolute atomic E-state index is 12.3. The third-order valence-corrected chi connectivity index (χ3v) is 4.87. The molecule has 0 radical (unpaired) electrons. The van der Waals surface area contributed by atoms with Gasteiger partial charge in [0.15, 0.2) is 0 Å². The maximum atomic E-state index is 12.3. The summed E-state index contributed by atoms with van der Waals surface area (Å²) in [5.41, 5.74) is 1.15. The predicted octanol–water partition coefficient (Wildman–Crippen LogP) is 4.64. The van der Waals surface area contributed by atoms with Crippen LogP contribution in [0.3, 0.4) is 0 Å². The molecule has 0 bridgehead atoms. The number of carbonyl (C=O) groups is 1. The number of amides is 1. The molecule has 0 spiro atoms. The van der Waals surface area contributed by atoms with Crippen molar-refractivity contribution >= 4 is 28.4 Å². The maximum Gasteiger partial charge on any atom is 0.233 e. The minimum Gasteiger partial charge on any atom is -0.351 e. The van der Waals surface area contributed by atoms with Crippen molar-refractivity contribution in [3.8, 4) is 0 Å². The van der Waals surface area contributed by atoms with Crippen molar-refractivity contribution in [3.63, 3.8) is 0 Å². The van der Waals surface area contributed by atoms with Crippen LogP contribution in [0.5, 0.6) is 0 Å². The molecule has 0 saturated heterocycles. The Morgan fingerprint density at radius 3 is 2.48 bits per heavy atom. The third-order valence-electron chi connectivity index (χ3n) is 3.76. The second-order valence-electron chi connectivity index (χ2n) is 5.43. The molecule has 3 rings (SSSR count). The molecular formula is C20H19NOS. The molecule has 1 atom stereocenters. The van der Waals surface area contributed by atoms with E-state index >= 15 is 0 Å². The first-order valence-electron chi connectivity index (χ1n) is 7.70. The molecule has 2 nitrogen and oxygen atoms in total. The minimum absolute atomic E-state index is 0.0618. The van der Waals surface area contributed by atoms with Gasteiger partial charge in [-0.05, 0) is 35.4 Å². The number of hydrogen-bond acceptors (Lipinski definition) is 2. The van der Waals surface area contributed by atoms with Crippen LogP contribution in [0, 0.1) is 0 Å². The molecule has 0 fully saturated rings. The smallest absolute Gasteiger partial charge is 0.233 e. The van der Waals surface area contributed by atoms with Crippen molar-refractivity contribution in [2.75, 3.05) is 0 Å². The fourth-order valence-corrected chi connectivity index (χ4v) is 3.44. The van der Waals surface area contributed by atoms with Gasteiger partial charge in [0.05, 0.1) is 5.25 Å². The third kappa shape index (κ3) is 3.93. The fourth-order valence-electron chi connectivity index (χ4n) is 2.53. The highest BCUT2D eigenvalue weighted by atomic mass is 32.2. The van der Waals surface area contributed by atoms with Crippen molar-refractivity contribution in [3.05, 3.63) is 78.4 Å². The zero-order valence-corrected chi connectivity index (χ0v) is 13.8. The predicted molar refractivity (Wildman–Crippen MR) is 97.6 cm³/mol. The summed E-state index contributed by atoms with van der Waals surface area (Å²) >= 11 is 1.58. The molecule has 0 aliphatic carbocycles. The first-order chi connectivity index (χ1) is 11.2. The molecule has 0 heterocycles. The van der Waals surface area contributed by atoms with E-state index in [4.69, 9.17) is 0 Å². The summed E-state index contributed by atoms with van der Waals surface area (Å²) in [4.78, 5) is 13.4. The largest absolute Gasteiger partial charge is 0.351 e. The van der Waals surface area contributed by atoms with Gasteiger partial charge in [-0.1, -0.05) is 60.7 Å². The van der Waals surface area contributed by atoms with Crippen LogP contribution < -0.4 is 5.32 Å². The molecule has 116 valence electrons. The molecular weight excluding hydrogens is 302 g/mol. The molecule has 23 heavy (non-hydrogen) atoms. The average molecular weight is 321 g/mol. The number of rotatable bonds is 5. The van der Waals surface area contributed by atoms with Crippen LogP contribution in [0.25, 0.3) is 10.8 Å². The van der Waals surface area contributed by atoms with Crippen LogP contribution in [0.2, 0.25) is 0 Å². The normalized spacial score (nSPS) is 12.0. The van der Waals surface area contributed by atoms with E-state index in [1.807, 2.05) is 55.5 Å². The highest BCUT2D eigenvalue weighted by molar-refractivity contribution is 8.00. The molecule has 1 N–H and O–H groups in total. The van der Waals surface area contributed by atoms with Crippen molar-refractivity contribution in [1.82, 2.24) is 5.32 Å². The van der Waals surface area contributed by atoms with Crippen LogP contribution in [-0.4, -0.2) is 11.2 Å². The molecule has 0 aliphatic rings. The summed E-state index contributed by atoms with van der Waals surface area (Å²) in [6.07, 6.45) is 0. The average Bonchev–Trinajstić information content (AvgIpc) is 2.60. The van der Waals surface area contributed by atoms with Gasteiger partial charge in [0, 0.05) is 11.4 Å². The van der Waals surface area contributed by atoms with Gasteiger partial charge in [-0.25, -0.2) is 0 Å².